The first kappa shape index (κ1) is 18.5. The van der Waals surface area contributed by atoms with Crippen LogP contribution in [0.4, 0.5) is 0 Å². The van der Waals surface area contributed by atoms with Crippen molar-refractivity contribution >= 4 is 11.6 Å². The summed E-state index contributed by atoms with van der Waals surface area (Å²) in [6.07, 6.45) is 0.882. The predicted octanol–water partition coefficient (Wildman–Crippen LogP) is 3.33. The van der Waals surface area contributed by atoms with E-state index in [2.05, 4.69) is 56.9 Å². The Kier molecular flexibility index (Phi) is 7.71. The van der Waals surface area contributed by atoms with Crippen LogP contribution in [0.15, 0.2) is 0 Å². The van der Waals surface area contributed by atoms with Crippen molar-refractivity contribution in [3.8, 4) is 0 Å². The number of halogens is 1. The lowest BCUT2D eigenvalue weighted by Crippen LogP contribution is -2.41. The highest BCUT2D eigenvalue weighted by Gasteiger charge is 2.15. The molecule has 122 valence electrons. The average Bonchev–Trinajstić information content (AvgIpc) is 2.73. The summed E-state index contributed by atoms with van der Waals surface area (Å²) in [5, 5.41) is 8.89. The van der Waals surface area contributed by atoms with Crippen molar-refractivity contribution < 1.29 is 0 Å². The van der Waals surface area contributed by atoms with Crippen LogP contribution in [0.1, 0.15) is 52.9 Å². The first-order valence-electron chi connectivity index (χ1n) is 8.12. The third kappa shape index (κ3) is 4.97. The molecule has 0 aliphatic rings. The minimum Gasteiger partial charge on any atom is -0.310 e. The van der Waals surface area contributed by atoms with Crippen LogP contribution < -0.4 is 5.32 Å². The Bertz CT molecular complexity index is 418. The molecular weight excluding hydrogens is 284 g/mol. The van der Waals surface area contributed by atoms with Gasteiger partial charge in [0.1, 0.15) is 0 Å². The third-order valence-electron chi connectivity index (χ3n) is 3.86. The second-order valence-corrected chi connectivity index (χ2v) is 6.36. The predicted molar refractivity (Wildman–Crippen MR) is 91.0 cm³/mol. The summed E-state index contributed by atoms with van der Waals surface area (Å²) in [6, 6.07) is 1.14. The molecule has 0 aliphatic heterocycles. The zero-order valence-electron chi connectivity index (χ0n) is 14.4. The van der Waals surface area contributed by atoms with Crippen LogP contribution >= 0.6 is 11.6 Å². The Morgan fingerprint density at radius 3 is 2.29 bits per heavy atom. The summed E-state index contributed by atoms with van der Waals surface area (Å²) in [7, 11) is 0. The van der Waals surface area contributed by atoms with E-state index in [1.165, 1.54) is 0 Å². The molecule has 0 atom stereocenters. The number of nitrogens with one attached hydrogen (secondary N) is 1. The monoisotopic (exact) mass is 314 g/mol. The quantitative estimate of drug-likeness (QED) is 0.710. The van der Waals surface area contributed by atoms with Crippen molar-refractivity contribution in [2.75, 3.05) is 13.1 Å². The summed E-state index contributed by atoms with van der Waals surface area (Å²) < 4.78 is 2.01. The highest BCUT2D eigenvalue weighted by Crippen LogP contribution is 2.21. The first-order chi connectivity index (χ1) is 9.92. The highest BCUT2D eigenvalue weighted by atomic mass is 35.5. The van der Waals surface area contributed by atoms with Crippen LogP contribution in [0, 0.1) is 0 Å². The fourth-order valence-electron chi connectivity index (χ4n) is 2.71. The van der Waals surface area contributed by atoms with E-state index in [4.69, 9.17) is 11.6 Å². The van der Waals surface area contributed by atoms with Crippen LogP contribution in [0.25, 0.3) is 0 Å². The highest BCUT2D eigenvalue weighted by molar-refractivity contribution is 6.31. The van der Waals surface area contributed by atoms with Gasteiger partial charge in [-0.25, -0.2) is 0 Å². The van der Waals surface area contributed by atoms with Crippen molar-refractivity contribution in [2.24, 2.45) is 0 Å². The Labute approximate surface area is 134 Å². The Morgan fingerprint density at radius 2 is 1.81 bits per heavy atom. The minimum absolute atomic E-state index is 0.572. The van der Waals surface area contributed by atoms with Gasteiger partial charge in [0, 0.05) is 38.3 Å². The van der Waals surface area contributed by atoms with Crippen LogP contribution in [-0.4, -0.2) is 39.9 Å². The lowest BCUT2D eigenvalue weighted by atomic mass is 10.2. The van der Waals surface area contributed by atoms with Crippen molar-refractivity contribution in [1.82, 2.24) is 20.0 Å². The summed E-state index contributed by atoms with van der Waals surface area (Å²) >= 11 is 6.42. The number of hydrogen-bond donors (Lipinski definition) is 1. The van der Waals surface area contributed by atoms with Gasteiger partial charge in [0.25, 0.3) is 0 Å². The standard InChI is InChI=1S/C16H31ClN4/c1-7-14-16(17)15(21(8-2)19-14)11-18-9-10-20(12(3)4)13(5)6/h12-13,18H,7-11H2,1-6H3. The van der Waals surface area contributed by atoms with E-state index < -0.39 is 0 Å². The van der Waals surface area contributed by atoms with Gasteiger partial charge in [-0.3, -0.25) is 9.58 Å². The van der Waals surface area contributed by atoms with E-state index in [0.29, 0.717) is 12.1 Å². The maximum Gasteiger partial charge on any atom is 0.0863 e. The molecule has 1 rings (SSSR count). The summed E-state index contributed by atoms with van der Waals surface area (Å²) in [5.74, 6) is 0. The molecule has 0 bridgehead atoms. The van der Waals surface area contributed by atoms with E-state index in [0.717, 1.165) is 49.0 Å². The Morgan fingerprint density at radius 1 is 1.19 bits per heavy atom. The first-order valence-corrected chi connectivity index (χ1v) is 8.50. The summed E-state index contributed by atoms with van der Waals surface area (Å²) in [5.41, 5.74) is 2.11. The van der Waals surface area contributed by atoms with E-state index in [9.17, 15) is 0 Å². The van der Waals surface area contributed by atoms with Gasteiger partial charge in [0.2, 0.25) is 0 Å². The van der Waals surface area contributed by atoms with Crippen molar-refractivity contribution in [3.63, 3.8) is 0 Å². The molecule has 0 spiro atoms. The van der Waals surface area contributed by atoms with Crippen LogP contribution in [0.5, 0.6) is 0 Å². The second kappa shape index (κ2) is 8.76. The molecule has 0 saturated heterocycles. The molecule has 5 heteroatoms. The van der Waals surface area contributed by atoms with E-state index in [-0.39, 0.29) is 0 Å². The average molecular weight is 315 g/mol. The molecule has 0 fully saturated rings. The fraction of sp³-hybridized carbons (Fsp3) is 0.812. The smallest absolute Gasteiger partial charge is 0.0863 e. The van der Waals surface area contributed by atoms with Gasteiger partial charge >= 0.3 is 0 Å². The minimum atomic E-state index is 0.572. The molecular formula is C16H31ClN4. The Hall–Kier alpha value is -0.580. The molecule has 1 N–H and O–H groups in total. The number of aromatic nitrogens is 2. The lowest BCUT2D eigenvalue weighted by molar-refractivity contribution is 0.175. The molecule has 0 radical (unpaired) electrons. The SMILES string of the molecule is CCc1nn(CC)c(CNCCN(C(C)C)C(C)C)c1Cl. The lowest BCUT2D eigenvalue weighted by Gasteiger charge is -2.30. The van der Waals surface area contributed by atoms with Gasteiger partial charge in [-0.2, -0.15) is 5.10 Å². The van der Waals surface area contributed by atoms with Crippen molar-refractivity contribution in [1.29, 1.82) is 0 Å². The molecule has 0 aliphatic carbocycles. The number of nitrogens with zero attached hydrogens (tertiary/aromatic N) is 3. The molecule has 0 aromatic carbocycles. The van der Waals surface area contributed by atoms with E-state index in [1.807, 2.05) is 4.68 Å². The third-order valence-corrected chi connectivity index (χ3v) is 4.30. The maximum absolute atomic E-state index is 6.42. The second-order valence-electron chi connectivity index (χ2n) is 5.98. The molecule has 1 aromatic rings. The summed E-state index contributed by atoms with van der Waals surface area (Å²) in [6.45, 7) is 16.8. The van der Waals surface area contributed by atoms with Crippen LogP contribution in [-0.2, 0) is 19.5 Å². The van der Waals surface area contributed by atoms with Gasteiger partial charge < -0.3 is 5.32 Å². The van der Waals surface area contributed by atoms with Gasteiger partial charge in [-0.05, 0) is 41.0 Å². The number of aryl methyl sites for hydroxylation is 2. The van der Waals surface area contributed by atoms with Gasteiger partial charge in [0.05, 0.1) is 16.4 Å². The normalized spacial score (nSPS) is 12.1. The van der Waals surface area contributed by atoms with Crippen LogP contribution in [0.2, 0.25) is 5.02 Å². The summed E-state index contributed by atoms with van der Waals surface area (Å²) in [4.78, 5) is 2.49. The topological polar surface area (TPSA) is 33.1 Å². The molecule has 4 nitrogen and oxygen atoms in total. The van der Waals surface area contributed by atoms with E-state index >= 15 is 0 Å². The van der Waals surface area contributed by atoms with Crippen molar-refractivity contribution in [3.05, 3.63) is 16.4 Å². The zero-order valence-corrected chi connectivity index (χ0v) is 15.2. The largest absolute Gasteiger partial charge is 0.310 e. The van der Waals surface area contributed by atoms with Gasteiger partial charge in [-0.1, -0.05) is 18.5 Å². The molecule has 0 amide bonds. The molecule has 1 heterocycles. The number of rotatable bonds is 9. The number of hydrogen-bond acceptors (Lipinski definition) is 3. The van der Waals surface area contributed by atoms with Gasteiger partial charge in [-0.15, -0.1) is 0 Å². The van der Waals surface area contributed by atoms with Crippen molar-refractivity contribution in [2.45, 2.75) is 73.1 Å². The molecule has 0 unspecified atom stereocenters. The molecule has 1 aromatic heterocycles. The Balaban J connectivity index is 2.54. The fourth-order valence-corrected chi connectivity index (χ4v) is 3.05. The molecule has 21 heavy (non-hydrogen) atoms. The van der Waals surface area contributed by atoms with Crippen LogP contribution in [0.3, 0.4) is 0 Å². The van der Waals surface area contributed by atoms with Gasteiger partial charge in [0.15, 0.2) is 0 Å². The zero-order chi connectivity index (χ0) is 16.0. The maximum atomic E-state index is 6.42. The van der Waals surface area contributed by atoms with E-state index in [1.54, 1.807) is 0 Å². The molecule has 0 saturated carbocycles.